The molecule has 1 aliphatic rings. The Hall–Kier alpha value is -3.46. The summed E-state index contributed by atoms with van der Waals surface area (Å²) in [6, 6.07) is 7.72. The van der Waals surface area contributed by atoms with E-state index in [1.54, 1.807) is 44.2 Å². The predicted octanol–water partition coefficient (Wildman–Crippen LogP) is 3.09. The van der Waals surface area contributed by atoms with Crippen LogP contribution >= 0.6 is 0 Å². The number of nitrogens with two attached hydrogens (primary N) is 1. The molecule has 0 bridgehead atoms. The number of pyridine rings is 1. The third-order valence-corrected chi connectivity index (χ3v) is 4.25. The second kappa shape index (κ2) is 7.04. The summed E-state index contributed by atoms with van der Waals surface area (Å²) in [5.74, 6) is 2.35. The number of ketones is 1. The number of terminal acetylenes is 1. The van der Waals surface area contributed by atoms with Crippen molar-refractivity contribution in [3.05, 3.63) is 76.6 Å². The van der Waals surface area contributed by atoms with E-state index in [1.165, 1.54) is 12.3 Å². The molecule has 1 aromatic heterocycles. The maximum Gasteiger partial charge on any atom is 0.288 e. The number of carbonyl (C=O) groups is 1. The Kier molecular flexibility index (Phi) is 4.78. The molecule has 3 rings (SSSR count). The quantitative estimate of drug-likeness (QED) is 0.669. The van der Waals surface area contributed by atoms with E-state index in [2.05, 4.69) is 15.9 Å². The molecule has 1 aromatic carbocycles. The van der Waals surface area contributed by atoms with E-state index >= 15 is 0 Å². The number of aromatic nitrogens is 1. The highest BCUT2D eigenvalue weighted by atomic mass is 19.1. The van der Waals surface area contributed by atoms with Gasteiger partial charge in [0.2, 0.25) is 0 Å². The Bertz CT molecular complexity index is 983. The van der Waals surface area contributed by atoms with E-state index in [4.69, 9.17) is 16.9 Å². The Morgan fingerprint density at radius 1 is 1.37 bits per heavy atom. The fourth-order valence-electron chi connectivity index (χ4n) is 3.00. The molecule has 1 atom stereocenters. The number of rotatable bonds is 4. The van der Waals surface area contributed by atoms with Crippen LogP contribution in [0.5, 0.6) is 0 Å². The highest BCUT2D eigenvalue weighted by Crippen LogP contribution is 2.34. The van der Waals surface area contributed by atoms with Crippen molar-refractivity contribution in [2.45, 2.75) is 25.8 Å². The van der Waals surface area contributed by atoms with Gasteiger partial charge in [0.1, 0.15) is 22.8 Å². The lowest BCUT2D eigenvalue weighted by atomic mass is 9.88. The molecule has 0 saturated heterocycles. The molecule has 0 radical (unpaired) electrons. The number of nitrogens with zero attached hydrogens (tertiary/aromatic N) is 2. The normalized spacial score (nSPS) is 18.7. The van der Waals surface area contributed by atoms with Crippen LogP contribution in [0.25, 0.3) is 0 Å². The van der Waals surface area contributed by atoms with Crippen molar-refractivity contribution in [1.29, 1.82) is 0 Å². The molecule has 0 aliphatic carbocycles. The first-order chi connectivity index (χ1) is 12.8. The van der Waals surface area contributed by atoms with E-state index in [1.807, 2.05) is 0 Å². The topological polar surface area (TPSA) is 77.6 Å². The van der Waals surface area contributed by atoms with Gasteiger partial charge >= 0.3 is 0 Å². The molecule has 27 heavy (non-hydrogen) atoms. The maximum atomic E-state index is 14.5. The average molecular weight is 363 g/mol. The Balaban J connectivity index is 1.90. The van der Waals surface area contributed by atoms with Crippen molar-refractivity contribution in [2.75, 3.05) is 0 Å². The Morgan fingerprint density at radius 3 is 2.78 bits per heavy atom. The van der Waals surface area contributed by atoms with Gasteiger partial charge in [-0.25, -0.2) is 9.38 Å². The van der Waals surface area contributed by atoms with Gasteiger partial charge in [-0.2, -0.15) is 0 Å². The molecular weight excluding hydrogens is 345 g/mol. The molecule has 2 aromatic rings. The Morgan fingerprint density at radius 2 is 2.15 bits per heavy atom. The predicted molar refractivity (Wildman–Crippen MR) is 100 cm³/mol. The number of amidine groups is 1. The lowest BCUT2D eigenvalue weighted by molar-refractivity contribution is 0.0988. The van der Waals surface area contributed by atoms with Gasteiger partial charge in [0.05, 0.1) is 0 Å². The van der Waals surface area contributed by atoms with Crippen molar-refractivity contribution >= 4 is 11.8 Å². The summed E-state index contributed by atoms with van der Waals surface area (Å²) in [6.45, 7) is 3.45. The van der Waals surface area contributed by atoms with Gasteiger partial charge in [-0.05, 0) is 49.8 Å². The highest BCUT2D eigenvalue weighted by Gasteiger charge is 2.31. The molecule has 0 fully saturated rings. The summed E-state index contributed by atoms with van der Waals surface area (Å²) in [5.41, 5.74) is 6.54. The fourth-order valence-corrected chi connectivity index (χ4v) is 3.00. The molecule has 0 amide bonds. The number of allylic oxidation sites excluding steroid dienone is 1. The van der Waals surface area contributed by atoms with Gasteiger partial charge in [-0.3, -0.25) is 9.78 Å². The number of benzene rings is 1. The second-order valence-electron chi connectivity index (χ2n) is 6.45. The average Bonchev–Trinajstić information content (AvgIpc) is 2.62. The smallest absolute Gasteiger partial charge is 0.288 e. The lowest BCUT2D eigenvalue weighted by Crippen LogP contribution is -2.30. The third-order valence-electron chi connectivity index (χ3n) is 4.25. The number of halogens is 1. The van der Waals surface area contributed by atoms with Crippen LogP contribution in [0.3, 0.4) is 0 Å². The zero-order chi connectivity index (χ0) is 19.6. The van der Waals surface area contributed by atoms with E-state index in [0.717, 1.165) is 0 Å². The molecule has 136 valence electrons. The SMILES string of the molecule is C#Cc1ccc(C(=O)Cc2ccc(F)c([C@]3(C)C=C(C)OC(N)=N3)c2)nc1. The first kappa shape index (κ1) is 18.3. The largest absolute Gasteiger partial charge is 0.431 e. The van der Waals surface area contributed by atoms with E-state index in [9.17, 15) is 9.18 Å². The summed E-state index contributed by atoms with van der Waals surface area (Å²) >= 11 is 0. The van der Waals surface area contributed by atoms with Crippen LogP contribution in [0.15, 0.2) is 53.4 Å². The fraction of sp³-hybridized carbons (Fsp3) is 0.190. The molecule has 0 unspecified atom stereocenters. The van der Waals surface area contributed by atoms with Crippen LogP contribution in [0, 0.1) is 18.2 Å². The number of hydrogen-bond donors (Lipinski definition) is 1. The van der Waals surface area contributed by atoms with Gasteiger partial charge in [-0.1, -0.05) is 12.0 Å². The van der Waals surface area contributed by atoms with Crippen LogP contribution in [-0.2, 0) is 16.7 Å². The summed E-state index contributed by atoms with van der Waals surface area (Å²) < 4.78 is 19.7. The van der Waals surface area contributed by atoms with Crippen LogP contribution in [0.2, 0.25) is 0 Å². The van der Waals surface area contributed by atoms with Crippen LogP contribution in [-0.4, -0.2) is 16.8 Å². The highest BCUT2D eigenvalue weighted by molar-refractivity contribution is 5.95. The monoisotopic (exact) mass is 363 g/mol. The molecule has 2 N–H and O–H groups in total. The summed E-state index contributed by atoms with van der Waals surface area (Å²) in [4.78, 5) is 20.8. The van der Waals surface area contributed by atoms with E-state index in [-0.39, 0.29) is 18.2 Å². The minimum Gasteiger partial charge on any atom is -0.431 e. The number of aliphatic imine (C=N–C) groups is 1. The first-order valence-corrected chi connectivity index (χ1v) is 8.28. The second-order valence-corrected chi connectivity index (χ2v) is 6.45. The molecule has 0 spiro atoms. The van der Waals surface area contributed by atoms with Gasteiger partial charge in [0, 0.05) is 23.7 Å². The molecule has 1 aliphatic heterocycles. The van der Waals surface area contributed by atoms with Crippen molar-refractivity contribution < 1.29 is 13.9 Å². The van der Waals surface area contributed by atoms with Crippen molar-refractivity contribution in [3.63, 3.8) is 0 Å². The summed E-state index contributed by atoms with van der Waals surface area (Å²) in [5, 5.41) is 0. The number of ether oxygens (including phenoxy) is 1. The van der Waals surface area contributed by atoms with Crippen LogP contribution in [0.4, 0.5) is 4.39 Å². The minimum absolute atomic E-state index is 0.0313. The zero-order valence-corrected chi connectivity index (χ0v) is 15.0. The molecule has 5 nitrogen and oxygen atoms in total. The zero-order valence-electron chi connectivity index (χ0n) is 15.0. The van der Waals surface area contributed by atoms with Gasteiger partial charge in [-0.15, -0.1) is 6.42 Å². The lowest BCUT2D eigenvalue weighted by Gasteiger charge is -2.27. The summed E-state index contributed by atoms with van der Waals surface area (Å²) in [7, 11) is 0. The number of Topliss-reactive ketones (excluding diaryl/α,β-unsaturated/α-hetero) is 1. The third kappa shape index (κ3) is 3.87. The molecule has 2 heterocycles. The van der Waals surface area contributed by atoms with Crippen LogP contribution in [0.1, 0.15) is 41.0 Å². The van der Waals surface area contributed by atoms with Crippen LogP contribution < -0.4 is 5.73 Å². The minimum atomic E-state index is -1.01. The molecule has 0 saturated carbocycles. The maximum absolute atomic E-state index is 14.5. The van der Waals surface area contributed by atoms with Gasteiger partial charge < -0.3 is 10.5 Å². The van der Waals surface area contributed by atoms with Gasteiger partial charge in [0.25, 0.3) is 6.02 Å². The Labute approximate surface area is 156 Å². The summed E-state index contributed by atoms with van der Waals surface area (Å²) in [6.07, 6.45) is 8.52. The van der Waals surface area contributed by atoms with Gasteiger partial charge in [0.15, 0.2) is 5.78 Å². The molecule has 6 heteroatoms. The van der Waals surface area contributed by atoms with Crippen molar-refractivity contribution in [2.24, 2.45) is 10.7 Å². The standard InChI is InChI=1S/C21H18FN3O2/c1-4-14-6-8-18(24-12-14)19(26)10-15-5-7-17(22)16(9-15)21(3)11-13(2)27-20(23)25-21/h1,5-9,11-12H,10H2,2-3H3,(H2,23,25)/t21-/m0/s1. The first-order valence-electron chi connectivity index (χ1n) is 8.28. The van der Waals surface area contributed by atoms with Crippen molar-refractivity contribution in [1.82, 2.24) is 4.98 Å². The number of hydrogen-bond acceptors (Lipinski definition) is 5. The van der Waals surface area contributed by atoms with Crippen molar-refractivity contribution in [3.8, 4) is 12.3 Å². The number of carbonyl (C=O) groups excluding carboxylic acids is 1. The van der Waals surface area contributed by atoms with E-state index in [0.29, 0.717) is 28.1 Å². The van der Waals surface area contributed by atoms with E-state index < -0.39 is 11.4 Å². The molecular formula is C21H18FN3O2.